The third-order valence-corrected chi connectivity index (χ3v) is 7.20. The minimum atomic E-state index is -4.55. The van der Waals surface area contributed by atoms with E-state index in [1.807, 2.05) is 0 Å². The summed E-state index contributed by atoms with van der Waals surface area (Å²) in [5.74, 6) is -0.374. The molecule has 148 valence electrons. The lowest BCUT2D eigenvalue weighted by molar-refractivity contribution is -0.137. The third kappa shape index (κ3) is 2.98. The Hall–Kier alpha value is -2.14. The summed E-state index contributed by atoms with van der Waals surface area (Å²) in [4.78, 5) is 26.6. The van der Waals surface area contributed by atoms with Gasteiger partial charge < -0.3 is 4.90 Å². The molecule has 1 aromatic rings. The van der Waals surface area contributed by atoms with Gasteiger partial charge in [0.05, 0.1) is 10.5 Å². The van der Waals surface area contributed by atoms with Crippen LogP contribution in [0.1, 0.15) is 18.4 Å². The first-order valence-electron chi connectivity index (χ1n) is 8.15. The number of hydrogen-bond donors (Lipinski definition) is 0. The molecular formula is C16H18F3N3O4S. The van der Waals surface area contributed by atoms with Gasteiger partial charge in [0.15, 0.2) is 0 Å². The Kier molecular flexibility index (Phi) is 4.50. The van der Waals surface area contributed by atoms with E-state index in [2.05, 4.69) is 0 Å². The number of alkyl halides is 3. The van der Waals surface area contributed by atoms with E-state index in [9.17, 15) is 31.2 Å². The fourth-order valence-electron chi connectivity index (χ4n) is 3.56. The number of likely N-dealkylation sites (N-methyl/N-ethyl adjacent to an activating group) is 2. The highest BCUT2D eigenvalue weighted by Gasteiger charge is 2.56. The summed E-state index contributed by atoms with van der Waals surface area (Å²) in [5.41, 5.74) is -2.00. The maximum absolute atomic E-state index is 12.7. The number of rotatable bonds is 2. The number of carbonyl (C=O) groups excluding carboxylic acids is 2. The van der Waals surface area contributed by atoms with Crippen molar-refractivity contribution in [1.82, 2.24) is 14.1 Å². The normalized spacial score (nSPS) is 21.4. The van der Waals surface area contributed by atoms with Gasteiger partial charge in [0.25, 0.3) is 5.91 Å². The van der Waals surface area contributed by atoms with Crippen LogP contribution in [0.3, 0.4) is 0 Å². The average molecular weight is 405 g/mol. The summed E-state index contributed by atoms with van der Waals surface area (Å²) in [6, 6.07) is 2.85. The van der Waals surface area contributed by atoms with Crippen LogP contribution >= 0.6 is 0 Å². The zero-order valence-electron chi connectivity index (χ0n) is 14.7. The smallest absolute Gasteiger partial charge is 0.312 e. The monoisotopic (exact) mass is 405 g/mol. The van der Waals surface area contributed by atoms with E-state index in [0.29, 0.717) is 0 Å². The minimum absolute atomic E-state index is 0.0133. The van der Waals surface area contributed by atoms with Crippen LogP contribution < -0.4 is 0 Å². The molecule has 0 aliphatic carbocycles. The van der Waals surface area contributed by atoms with Gasteiger partial charge in [0.2, 0.25) is 10.0 Å². The molecule has 0 saturated carbocycles. The van der Waals surface area contributed by atoms with Gasteiger partial charge in [0.1, 0.15) is 5.54 Å². The predicted molar refractivity (Wildman–Crippen MR) is 88.1 cm³/mol. The Morgan fingerprint density at radius 3 is 1.93 bits per heavy atom. The average Bonchev–Trinajstić information content (AvgIpc) is 2.78. The summed E-state index contributed by atoms with van der Waals surface area (Å²) in [6.07, 6.45) is -4.30. The number of piperidine rings is 1. The molecule has 0 bridgehead atoms. The Bertz CT molecular complexity index is 875. The molecule has 0 N–H and O–H groups in total. The summed E-state index contributed by atoms with van der Waals surface area (Å²) in [5, 5.41) is 0. The Morgan fingerprint density at radius 2 is 1.52 bits per heavy atom. The molecule has 11 heteroatoms. The van der Waals surface area contributed by atoms with Crippen LogP contribution in [0, 0.1) is 0 Å². The number of imide groups is 1. The second-order valence-corrected chi connectivity index (χ2v) is 8.60. The van der Waals surface area contributed by atoms with Crippen molar-refractivity contribution in [3.05, 3.63) is 29.8 Å². The van der Waals surface area contributed by atoms with Crippen LogP contribution in [0.25, 0.3) is 0 Å². The van der Waals surface area contributed by atoms with Crippen LogP contribution in [-0.2, 0) is 21.0 Å². The molecule has 2 saturated heterocycles. The highest BCUT2D eigenvalue weighted by Crippen LogP contribution is 2.37. The van der Waals surface area contributed by atoms with Crippen molar-refractivity contribution in [3.8, 4) is 0 Å². The largest absolute Gasteiger partial charge is 0.416 e. The highest BCUT2D eigenvalue weighted by atomic mass is 32.2. The third-order valence-electron chi connectivity index (χ3n) is 5.29. The summed E-state index contributed by atoms with van der Waals surface area (Å²) in [6.45, 7) is -0.0267. The lowest BCUT2D eigenvalue weighted by Gasteiger charge is -2.40. The minimum Gasteiger partial charge on any atom is -0.312 e. The lowest BCUT2D eigenvalue weighted by atomic mass is 9.87. The van der Waals surface area contributed by atoms with Crippen LogP contribution in [0.2, 0.25) is 0 Å². The van der Waals surface area contributed by atoms with Crippen LogP contribution in [-0.4, -0.2) is 67.2 Å². The van der Waals surface area contributed by atoms with E-state index < -0.39 is 33.3 Å². The molecule has 3 rings (SSSR count). The molecule has 2 heterocycles. The second-order valence-electron chi connectivity index (χ2n) is 6.66. The number of amides is 3. The molecule has 1 aromatic carbocycles. The molecule has 27 heavy (non-hydrogen) atoms. The topological polar surface area (TPSA) is 78.0 Å². The number of hydrogen-bond acceptors (Lipinski definition) is 4. The van der Waals surface area contributed by atoms with Gasteiger partial charge in [-0.25, -0.2) is 13.2 Å². The number of carbonyl (C=O) groups is 2. The molecular weight excluding hydrogens is 387 g/mol. The first-order chi connectivity index (χ1) is 12.4. The van der Waals surface area contributed by atoms with E-state index in [4.69, 9.17) is 0 Å². The van der Waals surface area contributed by atoms with Crippen molar-refractivity contribution >= 4 is 22.0 Å². The van der Waals surface area contributed by atoms with Crippen molar-refractivity contribution in [1.29, 1.82) is 0 Å². The first kappa shape index (κ1) is 19.6. The lowest BCUT2D eigenvalue weighted by Crippen LogP contribution is -2.56. The van der Waals surface area contributed by atoms with E-state index in [1.54, 1.807) is 0 Å². The standard InChI is InChI=1S/C16H18F3N3O4S/c1-20-13(23)15(21(2)14(20)24)7-9-22(10-8-15)27(25,26)12-5-3-11(4-6-12)16(17,18)19/h3-6H,7-10H2,1-2H3. The van der Waals surface area contributed by atoms with E-state index in [-0.39, 0.29) is 36.7 Å². The number of benzene rings is 1. The molecule has 7 nitrogen and oxygen atoms in total. The van der Waals surface area contributed by atoms with Crippen LogP contribution in [0.4, 0.5) is 18.0 Å². The van der Waals surface area contributed by atoms with Gasteiger partial charge in [-0.05, 0) is 37.1 Å². The van der Waals surface area contributed by atoms with Crippen molar-refractivity contribution in [2.24, 2.45) is 0 Å². The molecule has 2 aliphatic rings. The molecule has 0 radical (unpaired) electrons. The van der Waals surface area contributed by atoms with Gasteiger partial charge in [-0.2, -0.15) is 17.5 Å². The maximum Gasteiger partial charge on any atom is 0.416 e. The summed E-state index contributed by atoms with van der Waals surface area (Å²) >= 11 is 0. The Labute approximate surface area is 154 Å². The molecule has 2 fully saturated rings. The van der Waals surface area contributed by atoms with Gasteiger partial charge in [-0.3, -0.25) is 9.69 Å². The fraction of sp³-hybridized carbons (Fsp3) is 0.500. The van der Waals surface area contributed by atoms with E-state index in [0.717, 1.165) is 33.5 Å². The number of urea groups is 1. The number of nitrogens with zero attached hydrogens (tertiary/aromatic N) is 3. The molecule has 0 aromatic heterocycles. The highest BCUT2D eigenvalue weighted by molar-refractivity contribution is 7.89. The number of halogens is 3. The van der Waals surface area contributed by atoms with Gasteiger partial charge in [0, 0.05) is 27.2 Å². The van der Waals surface area contributed by atoms with Gasteiger partial charge in [-0.1, -0.05) is 0 Å². The fourth-order valence-corrected chi connectivity index (χ4v) is 5.00. The predicted octanol–water partition coefficient (Wildman–Crippen LogP) is 1.75. The van der Waals surface area contributed by atoms with E-state index >= 15 is 0 Å². The maximum atomic E-state index is 12.7. The summed E-state index contributed by atoms with van der Waals surface area (Å²) < 4.78 is 64.5. The quantitative estimate of drug-likeness (QED) is 0.703. The van der Waals surface area contributed by atoms with Crippen molar-refractivity contribution < 1.29 is 31.2 Å². The van der Waals surface area contributed by atoms with Crippen LogP contribution in [0.15, 0.2) is 29.2 Å². The summed E-state index contributed by atoms with van der Waals surface area (Å²) in [7, 11) is -1.11. The first-order valence-corrected chi connectivity index (χ1v) is 9.59. The molecule has 0 unspecified atom stereocenters. The second kappa shape index (κ2) is 6.20. The van der Waals surface area contributed by atoms with Crippen LogP contribution in [0.5, 0.6) is 0 Å². The molecule has 3 amide bonds. The molecule has 0 atom stereocenters. The van der Waals surface area contributed by atoms with Crippen molar-refractivity contribution in [2.45, 2.75) is 29.5 Å². The van der Waals surface area contributed by atoms with E-state index in [1.165, 1.54) is 19.0 Å². The Morgan fingerprint density at radius 1 is 1.00 bits per heavy atom. The molecule has 1 spiro atoms. The molecule has 2 aliphatic heterocycles. The van der Waals surface area contributed by atoms with Gasteiger partial charge in [-0.15, -0.1) is 0 Å². The van der Waals surface area contributed by atoms with Crippen molar-refractivity contribution in [2.75, 3.05) is 27.2 Å². The zero-order chi connectivity index (χ0) is 20.2. The SMILES string of the molecule is CN1C(=O)N(C)C2(CCN(S(=O)(=O)c3ccc(C(F)(F)F)cc3)CC2)C1=O. The number of sulfonamides is 1. The van der Waals surface area contributed by atoms with Gasteiger partial charge >= 0.3 is 12.2 Å². The Balaban J connectivity index is 1.79. The zero-order valence-corrected chi connectivity index (χ0v) is 15.5. The van der Waals surface area contributed by atoms with Crippen molar-refractivity contribution in [3.63, 3.8) is 0 Å².